The molecule has 2 rings (SSSR count). The molecule has 0 N–H and O–H groups in total. The first-order valence-corrected chi connectivity index (χ1v) is 6.69. The molecule has 10 heteroatoms. The highest BCUT2D eigenvalue weighted by Gasteiger charge is 2.34. The Kier molecular flexibility index (Phi) is 4.66. The molecule has 1 heterocycles. The molecule has 0 atom stereocenters. The van der Waals surface area contributed by atoms with Crippen LogP contribution in [-0.4, -0.2) is 23.2 Å². The number of nitrogens with zero attached hydrogens (tertiary/aromatic N) is 2. The summed E-state index contributed by atoms with van der Waals surface area (Å²) in [5.41, 5.74) is -3.86. The Morgan fingerprint density at radius 3 is 2.50 bits per heavy atom. The molecule has 0 amide bonds. The predicted molar refractivity (Wildman–Crippen MR) is 76.5 cm³/mol. The van der Waals surface area contributed by atoms with Crippen molar-refractivity contribution >= 4 is 17.9 Å². The van der Waals surface area contributed by atoms with Gasteiger partial charge in [-0.25, -0.2) is 4.39 Å². The third-order valence-electron chi connectivity index (χ3n) is 3.25. The van der Waals surface area contributed by atoms with Crippen LogP contribution in [0.15, 0.2) is 17.1 Å². The fourth-order valence-corrected chi connectivity index (χ4v) is 2.29. The van der Waals surface area contributed by atoms with Crippen LogP contribution in [0.2, 0.25) is 5.02 Å². The van der Waals surface area contributed by atoms with E-state index < -0.39 is 40.1 Å². The highest BCUT2D eigenvalue weighted by Crippen LogP contribution is 2.34. The SMILES string of the molecule is COc1c(F)c(-n2ncc(C(F)(F)F)c(C)c2=O)cc(C=O)c1Cl. The maximum atomic E-state index is 14.4. The van der Waals surface area contributed by atoms with Gasteiger partial charge in [-0.3, -0.25) is 9.59 Å². The van der Waals surface area contributed by atoms with Crippen LogP contribution in [0.1, 0.15) is 21.5 Å². The van der Waals surface area contributed by atoms with Crippen molar-refractivity contribution < 1.29 is 27.1 Å². The van der Waals surface area contributed by atoms with Crippen LogP contribution in [0.3, 0.4) is 0 Å². The van der Waals surface area contributed by atoms with Gasteiger partial charge in [0.2, 0.25) is 0 Å². The van der Waals surface area contributed by atoms with Gasteiger partial charge in [0.25, 0.3) is 5.56 Å². The van der Waals surface area contributed by atoms with Crippen LogP contribution >= 0.6 is 11.6 Å². The first-order chi connectivity index (χ1) is 11.1. The van der Waals surface area contributed by atoms with Gasteiger partial charge in [0.05, 0.1) is 23.9 Å². The fourth-order valence-electron chi connectivity index (χ4n) is 2.03. The summed E-state index contributed by atoms with van der Waals surface area (Å²) in [4.78, 5) is 23.2. The third kappa shape index (κ3) is 2.86. The molecule has 0 bridgehead atoms. The molecule has 0 aliphatic rings. The van der Waals surface area contributed by atoms with Gasteiger partial charge in [-0.05, 0) is 13.0 Å². The molecule has 0 unspecified atom stereocenters. The second-order valence-corrected chi connectivity index (χ2v) is 5.04. The average molecular weight is 365 g/mol. The maximum absolute atomic E-state index is 14.4. The molecule has 0 aliphatic carbocycles. The molecule has 0 spiro atoms. The normalized spacial score (nSPS) is 11.5. The summed E-state index contributed by atoms with van der Waals surface area (Å²) in [5, 5.41) is 3.02. The number of hydrogen-bond donors (Lipinski definition) is 0. The zero-order valence-corrected chi connectivity index (χ0v) is 13.0. The van der Waals surface area contributed by atoms with Gasteiger partial charge in [-0.2, -0.15) is 23.0 Å². The predicted octanol–water partition coefficient (Wildman–Crippen LogP) is 3.17. The zero-order valence-electron chi connectivity index (χ0n) is 12.2. The van der Waals surface area contributed by atoms with E-state index in [4.69, 9.17) is 16.3 Å². The van der Waals surface area contributed by atoms with Crippen molar-refractivity contribution in [1.29, 1.82) is 0 Å². The van der Waals surface area contributed by atoms with Gasteiger partial charge < -0.3 is 4.74 Å². The number of carbonyl (C=O) groups is 1. The summed E-state index contributed by atoms with van der Waals surface area (Å²) in [7, 11) is 1.08. The van der Waals surface area contributed by atoms with Crippen LogP contribution in [0.25, 0.3) is 5.69 Å². The molecule has 0 radical (unpaired) electrons. The first-order valence-electron chi connectivity index (χ1n) is 6.31. The lowest BCUT2D eigenvalue weighted by atomic mass is 10.1. The van der Waals surface area contributed by atoms with Crippen LogP contribution in [0, 0.1) is 12.7 Å². The number of aromatic nitrogens is 2. The molecule has 0 fully saturated rings. The van der Waals surface area contributed by atoms with Crippen molar-refractivity contribution in [3.05, 3.63) is 50.1 Å². The molecule has 2 aromatic rings. The van der Waals surface area contributed by atoms with Gasteiger partial charge in [0, 0.05) is 11.1 Å². The van der Waals surface area contributed by atoms with Gasteiger partial charge in [-0.1, -0.05) is 11.6 Å². The Bertz CT molecular complexity index is 878. The minimum absolute atomic E-state index is 0.212. The van der Waals surface area contributed by atoms with E-state index in [1.165, 1.54) is 0 Å². The van der Waals surface area contributed by atoms with E-state index >= 15 is 0 Å². The summed E-state index contributed by atoms with van der Waals surface area (Å²) in [6.45, 7) is 0.940. The minimum Gasteiger partial charge on any atom is -0.492 e. The smallest absolute Gasteiger partial charge is 0.418 e. The molecular formula is C14H9ClF4N2O3. The highest BCUT2D eigenvalue weighted by molar-refractivity contribution is 6.34. The van der Waals surface area contributed by atoms with E-state index in [0.717, 1.165) is 20.1 Å². The van der Waals surface area contributed by atoms with E-state index in [1.807, 2.05) is 0 Å². The standard InChI is InChI=1S/C14H9ClF4N2O3/c1-6-8(14(17,18)19)4-20-21(13(6)23)9-3-7(5-22)10(15)12(24-2)11(9)16/h3-5H,1-2H3. The lowest BCUT2D eigenvalue weighted by Crippen LogP contribution is -2.28. The van der Waals surface area contributed by atoms with E-state index in [-0.39, 0.29) is 16.9 Å². The summed E-state index contributed by atoms with van der Waals surface area (Å²) < 4.78 is 57.9. The quantitative estimate of drug-likeness (QED) is 0.620. The number of methoxy groups -OCH3 is 1. The van der Waals surface area contributed by atoms with E-state index in [0.29, 0.717) is 10.9 Å². The third-order valence-corrected chi connectivity index (χ3v) is 3.64. The van der Waals surface area contributed by atoms with Crippen molar-refractivity contribution in [2.45, 2.75) is 13.1 Å². The molecule has 0 saturated carbocycles. The molecule has 0 aliphatic heterocycles. The molecule has 128 valence electrons. The van der Waals surface area contributed by atoms with Crippen molar-refractivity contribution in [3.8, 4) is 11.4 Å². The van der Waals surface area contributed by atoms with Gasteiger partial charge in [-0.15, -0.1) is 0 Å². The lowest BCUT2D eigenvalue weighted by molar-refractivity contribution is -0.138. The summed E-state index contributed by atoms with van der Waals surface area (Å²) >= 11 is 5.78. The number of hydrogen-bond acceptors (Lipinski definition) is 4. The molecule has 5 nitrogen and oxygen atoms in total. The van der Waals surface area contributed by atoms with E-state index in [9.17, 15) is 27.2 Å². The zero-order chi connectivity index (χ0) is 18.2. The molecule has 0 saturated heterocycles. The molecule has 1 aromatic carbocycles. The van der Waals surface area contributed by atoms with Crippen molar-refractivity contribution in [3.63, 3.8) is 0 Å². The Hall–Kier alpha value is -2.42. The van der Waals surface area contributed by atoms with E-state index in [2.05, 4.69) is 5.10 Å². The maximum Gasteiger partial charge on any atom is 0.418 e. The van der Waals surface area contributed by atoms with Gasteiger partial charge >= 0.3 is 6.18 Å². The Morgan fingerprint density at radius 2 is 2.00 bits per heavy atom. The number of halogens is 5. The van der Waals surface area contributed by atoms with Crippen LogP contribution < -0.4 is 10.3 Å². The first kappa shape index (κ1) is 17.9. The van der Waals surface area contributed by atoms with Crippen LogP contribution in [0.5, 0.6) is 5.75 Å². The van der Waals surface area contributed by atoms with Gasteiger partial charge in [0.1, 0.15) is 5.69 Å². The fraction of sp³-hybridized carbons (Fsp3) is 0.214. The molecule has 24 heavy (non-hydrogen) atoms. The Morgan fingerprint density at radius 1 is 1.38 bits per heavy atom. The van der Waals surface area contributed by atoms with Crippen LogP contribution in [-0.2, 0) is 6.18 Å². The van der Waals surface area contributed by atoms with Gasteiger partial charge in [0.15, 0.2) is 17.9 Å². The lowest BCUT2D eigenvalue weighted by Gasteiger charge is -2.14. The Balaban J connectivity index is 2.81. The highest BCUT2D eigenvalue weighted by atomic mass is 35.5. The molecular weight excluding hydrogens is 356 g/mol. The number of carbonyl (C=O) groups excluding carboxylic acids is 1. The second-order valence-electron chi connectivity index (χ2n) is 4.66. The minimum atomic E-state index is -4.78. The largest absolute Gasteiger partial charge is 0.492 e. The number of rotatable bonds is 3. The van der Waals surface area contributed by atoms with Crippen LogP contribution in [0.4, 0.5) is 17.6 Å². The number of aldehydes is 1. The van der Waals surface area contributed by atoms with Crippen molar-refractivity contribution in [2.24, 2.45) is 0 Å². The summed E-state index contributed by atoms with van der Waals surface area (Å²) in [6, 6.07) is 0.897. The van der Waals surface area contributed by atoms with Crippen molar-refractivity contribution in [2.75, 3.05) is 7.11 Å². The summed E-state index contributed by atoms with van der Waals surface area (Å²) in [6.07, 6.45) is -4.09. The number of ether oxygens (including phenoxy) is 1. The number of benzene rings is 1. The number of alkyl halides is 3. The Labute approximate surface area is 137 Å². The molecule has 1 aromatic heterocycles. The summed E-state index contributed by atoms with van der Waals surface area (Å²) in [5.74, 6) is -1.66. The average Bonchev–Trinajstić information content (AvgIpc) is 2.50. The van der Waals surface area contributed by atoms with Crippen molar-refractivity contribution in [1.82, 2.24) is 9.78 Å². The topological polar surface area (TPSA) is 61.2 Å². The monoisotopic (exact) mass is 364 g/mol. The van der Waals surface area contributed by atoms with E-state index in [1.54, 1.807) is 0 Å². The second kappa shape index (κ2) is 6.23.